The second-order valence-corrected chi connectivity index (χ2v) is 9.86. The number of halogens is 1. The maximum atomic E-state index is 13.0. The predicted molar refractivity (Wildman–Crippen MR) is 143 cm³/mol. The van der Waals surface area contributed by atoms with Crippen LogP contribution in [0.25, 0.3) is 17.0 Å². The van der Waals surface area contributed by atoms with Gasteiger partial charge in [0.15, 0.2) is 0 Å². The van der Waals surface area contributed by atoms with E-state index >= 15 is 0 Å². The van der Waals surface area contributed by atoms with E-state index in [1.54, 1.807) is 24.3 Å². The Morgan fingerprint density at radius 1 is 0.943 bits per heavy atom. The average molecular weight is 546 g/mol. The minimum Gasteiger partial charge on any atom is -0.342 e. The Hall–Kier alpha value is -3.62. The third-order valence-corrected chi connectivity index (χ3v) is 7.22. The van der Waals surface area contributed by atoms with Crippen LogP contribution < -0.4 is 5.32 Å². The Bertz CT molecular complexity index is 1480. The molecule has 1 N–H and O–H groups in total. The molecular formula is C27H20BrN3O3S. The van der Waals surface area contributed by atoms with Crippen LogP contribution in [0.5, 0.6) is 0 Å². The van der Waals surface area contributed by atoms with Crippen molar-refractivity contribution in [1.82, 2.24) is 9.47 Å². The molecule has 0 aliphatic carbocycles. The monoisotopic (exact) mass is 545 g/mol. The summed E-state index contributed by atoms with van der Waals surface area (Å²) in [4.78, 5) is 39.4. The van der Waals surface area contributed by atoms with E-state index in [4.69, 9.17) is 0 Å². The summed E-state index contributed by atoms with van der Waals surface area (Å²) >= 11 is 4.22. The number of rotatable bonds is 6. The molecule has 0 radical (unpaired) electrons. The van der Waals surface area contributed by atoms with Gasteiger partial charge in [-0.25, -0.2) is 0 Å². The van der Waals surface area contributed by atoms with Gasteiger partial charge in [0.1, 0.15) is 6.54 Å². The number of hydrogen-bond acceptors (Lipinski definition) is 4. The van der Waals surface area contributed by atoms with E-state index in [1.807, 2.05) is 54.7 Å². The summed E-state index contributed by atoms with van der Waals surface area (Å²) in [5, 5.41) is 3.26. The molecule has 0 unspecified atom stereocenters. The zero-order valence-corrected chi connectivity index (χ0v) is 20.9. The van der Waals surface area contributed by atoms with Crippen LogP contribution in [0.15, 0.2) is 94.4 Å². The van der Waals surface area contributed by atoms with Gasteiger partial charge < -0.3 is 9.88 Å². The fourth-order valence-electron chi connectivity index (χ4n) is 3.97. The summed E-state index contributed by atoms with van der Waals surface area (Å²) in [6.45, 7) is 0.338. The largest absolute Gasteiger partial charge is 0.342 e. The molecular weight excluding hydrogens is 526 g/mol. The zero-order chi connectivity index (χ0) is 24.4. The first-order chi connectivity index (χ1) is 17.0. The Morgan fingerprint density at radius 2 is 1.66 bits per heavy atom. The zero-order valence-electron chi connectivity index (χ0n) is 18.5. The number of aromatic nitrogens is 1. The number of anilines is 1. The minimum absolute atomic E-state index is 0.298. The van der Waals surface area contributed by atoms with Gasteiger partial charge in [-0.05, 0) is 57.5 Å². The molecule has 4 aromatic rings. The van der Waals surface area contributed by atoms with E-state index < -0.39 is 17.1 Å². The van der Waals surface area contributed by atoms with Crippen molar-refractivity contribution < 1.29 is 14.4 Å². The highest BCUT2D eigenvalue weighted by Crippen LogP contribution is 2.34. The molecule has 1 saturated heterocycles. The van der Waals surface area contributed by atoms with Gasteiger partial charge in [0, 0.05) is 33.7 Å². The number of carbonyl (C=O) groups excluding carboxylic acids is 3. The van der Waals surface area contributed by atoms with Crippen molar-refractivity contribution in [3.63, 3.8) is 0 Å². The summed E-state index contributed by atoms with van der Waals surface area (Å²) < 4.78 is 2.85. The number of carbonyl (C=O) groups is 3. The van der Waals surface area contributed by atoms with E-state index in [2.05, 4.69) is 37.9 Å². The molecule has 0 saturated carbocycles. The molecule has 0 atom stereocenters. The second kappa shape index (κ2) is 9.93. The van der Waals surface area contributed by atoms with Gasteiger partial charge in [-0.1, -0.05) is 60.7 Å². The van der Waals surface area contributed by atoms with E-state index in [1.165, 1.54) is 0 Å². The Kier molecular flexibility index (Phi) is 6.57. The number of hydrogen-bond donors (Lipinski definition) is 1. The van der Waals surface area contributed by atoms with Gasteiger partial charge >= 0.3 is 0 Å². The molecule has 1 aliphatic rings. The van der Waals surface area contributed by atoms with Crippen molar-refractivity contribution in [2.24, 2.45) is 0 Å². The lowest BCUT2D eigenvalue weighted by molar-refractivity contribution is -0.127. The fraction of sp³-hybridized carbons (Fsp3) is 0.0741. The number of para-hydroxylation sites is 2. The van der Waals surface area contributed by atoms with Gasteiger partial charge in [0.2, 0.25) is 5.91 Å². The summed E-state index contributed by atoms with van der Waals surface area (Å²) in [7, 11) is 0. The lowest BCUT2D eigenvalue weighted by Gasteiger charge is -2.13. The summed E-state index contributed by atoms with van der Waals surface area (Å²) in [6, 6.07) is 25.2. The molecule has 8 heteroatoms. The summed E-state index contributed by atoms with van der Waals surface area (Å²) in [6.07, 6.45) is 3.73. The minimum atomic E-state index is -0.470. The van der Waals surface area contributed by atoms with E-state index in [9.17, 15) is 14.4 Å². The predicted octanol–water partition coefficient (Wildman–Crippen LogP) is 6.13. The van der Waals surface area contributed by atoms with Gasteiger partial charge in [-0.2, -0.15) is 0 Å². The molecule has 35 heavy (non-hydrogen) atoms. The molecule has 174 valence electrons. The fourth-order valence-corrected chi connectivity index (χ4v) is 5.19. The second-order valence-electron chi connectivity index (χ2n) is 8.01. The molecule has 1 aliphatic heterocycles. The first-order valence-electron chi connectivity index (χ1n) is 10.9. The number of imide groups is 1. The normalized spacial score (nSPS) is 14.8. The van der Waals surface area contributed by atoms with Crippen molar-refractivity contribution >= 4 is 67.4 Å². The molecule has 5 rings (SSSR count). The summed E-state index contributed by atoms with van der Waals surface area (Å²) in [5.41, 5.74) is 3.62. The van der Waals surface area contributed by atoms with Crippen LogP contribution in [0.1, 0.15) is 11.1 Å². The van der Waals surface area contributed by atoms with Gasteiger partial charge in [-0.3, -0.25) is 19.3 Å². The van der Waals surface area contributed by atoms with Crippen LogP contribution >= 0.6 is 27.7 Å². The third kappa shape index (κ3) is 4.94. The SMILES string of the molecule is O=C(CN1C(=O)S/C(=C\c2cn(Cc3ccccc3)c3ccccc23)C1=O)Nc1ccccc1Br. The number of amides is 3. The van der Waals surface area contributed by atoms with Crippen LogP contribution in [-0.2, 0) is 16.1 Å². The number of nitrogens with one attached hydrogen (secondary N) is 1. The molecule has 0 spiro atoms. The number of thioether (sulfide) groups is 1. The maximum Gasteiger partial charge on any atom is 0.294 e. The van der Waals surface area contributed by atoms with E-state index in [-0.39, 0.29) is 6.54 Å². The topological polar surface area (TPSA) is 71.4 Å². The molecule has 0 bridgehead atoms. The molecule has 1 fully saturated rings. The van der Waals surface area contributed by atoms with Gasteiger partial charge in [0.05, 0.1) is 10.6 Å². The highest BCUT2D eigenvalue weighted by atomic mass is 79.9. The molecule has 1 aromatic heterocycles. The van der Waals surface area contributed by atoms with E-state index in [0.29, 0.717) is 21.6 Å². The molecule has 6 nitrogen and oxygen atoms in total. The first kappa shape index (κ1) is 23.1. The molecule has 3 amide bonds. The quantitative estimate of drug-likeness (QED) is 0.296. The maximum absolute atomic E-state index is 13.0. The van der Waals surface area contributed by atoms with Crippen LogP contribution in [0.3, 0.4) is 0 Å². The van der Waals surface area contributed by atoms with Crippen LogP contribution in [0.4, 0.5) is 10.5 Å². The summed E-state index contributed by atoms with van der Waals surface area (Å²) in [5.74, 6) is -0.915. The van der Waals surface area contributed by atoms with Crippen molar-refractivity contribution in [3.05, 3.63) is 106 Å². The first-order valence-corrected chi connectivity index (χ1v) is 12.5. The highest BCUT2D eigenvalue weighted by molar-refractivity contribution is 9.10. The number of fused-ring (bicyclic) bond motifs is 1. The van der Waals surface area contributed by atoms with Crippen LogP contribution in [0, 0.1) is 0 Å². The lowest BCUT2D eigenvalue weighted by atomic mass is 10.1. The Labute approximate surface area is 214 Å². The van der Waals surface area contributed by atoms with Gasteiger partial charge in [-0.15, -0.1) is 0 Å². The molecule has 3 aromatic carbocycles. The van der Waals surface area contributed by atoms with Crippen LogP contribution in [0.2, 0.25) is 0 Å². The van der Waals surface area contributed by atoms with Crippen molar-refractivity contribution in [2.45, 2.75) is 6.54 Å². The van der Waals surface area contributed by atoms with Crippen molar-refractivity contribution in [2.75, 3.05) is 11.9 Å². The van der Waals surface area contributed by atoms with Crippen molar-refractivity contribution in [1.29, 1.82) is 0 Å². The van der Waals surface area contributed by atoms with Crippen LogP contribution in [-0.4, -0.2) is 33.1 Å². The highest BCUT2D eigenvalue weighted by Gasteiger charge is 2.36. The number of nitrogens with zero attached hydrogens (tertiary/aromatic N) is 2. The lowest BCUT2D eigenvalue weighted by Crippen LogP contribution is -2.36. The Balaban J connectivity index is 1.38. The Morgan fingerprint density at radius 3 is 2.46 bits per heavy atom. The van der Waals surface area contributed by atoms with Gasteiger partial charge in [0.25, 0.3) is 11.1 Å². The number of benzene rings is 3. The smallest absolute Gasteiger partial charge is 0.294 e. The standard InChI is InChI=1S/C27H20BrN3O3S/c28-21-11-5-6-12-22(21)29-25(32)17-31-26(33)24(35-27(31)34)14-19-16-30(15-18-8-2-1-3-9-18)23-13-7-4-10-20(19)23/h1-14,16H,15,17H2,(H,29,32)/b24-14-. The van der Waals surface area contributed by atoms with E-state index in [0.717, 1.165) is 38.7 Å². The van der Waals surface area contributed by atoms with Crippen molar-refractivity contribution in [3.8, 4) is 0 Å². The molecule has 2 heterocycles. The third-order valence-electron chi connectivity index (χ3n) is 5.63. The average Bonchev–Trinajstić information content (AvgIpc) is 3.33.